The summed E-state index contributed by atoms with van der Waals surface area (Å²) in [7, 11) is 0. The fraction of sp³-hybridized carbons (Fsp3) is 0.500. The van der Waals surface area contributed by atoms with E-state index in [1.165, 1.54) is 19.3 Å². The van der Waals surface area contributed by atoms with E-state index in [0.29, 0.717) is 11.1 Å². The number of hydrogen-bond donors (Lipinski definition) is 0. The van der Waals surface area contributed by atoms with Crippen molar-refractivity contribution in [1.29, 1.82) is 0 Å². The second-order valence-corrected chi connectivity index (χ2v) is 4.14. The maximum absolute atomic E-state index is 5.99. The summed E-state index contributed by atoms with van der Waals surface area (Å²) in [6, 6.07) is 8.40. The molecule has 1 saturated carbocycles. The summed E-state index contributed by atoms with van der Waals surface area (Å²) in [5.41, 5.74) is 0. The van der Waals surface area contributed by atoms with Crippen LogP contribution in [0, 0.1) is 6.07 Å². The van der Waals surface area contributed by atoms with E-state index < -0.39 is 0 Å². The molecule has 0 atom stereocenters. The van der Waals surface area contributed by atoms with Gasteiger partial charge in [-0.1, -0.05) is 6.42 Å². The standard InChI is InChI=1S/C12H14ClO.BrH.Mg/c13-11-8-4-5-9-12(11)14-10-6-2-1-3-7-10;;/h5,8-10H,1-3,6-7H2;1H;/q-1;;+2/p-1. The van der Waals surface area contributed by atoms with Crippen molar-refractivity contribution in [3.05, 3.63) is 29.3 Å². The van der Waals surface area contributed by atoms with Crippen LogP contribution in [0.15, 0.2) is 18.2 Å². The summed E-state index contributed by atoms with van der Waals surface area (Å²) in [5, 5.41) is 0.665. The van der Waals surface area contributed by atoms with E-state index in [1.54, 1.807) is 6.07 Å². The molecule has 2 rings (SSSR count). The number of benzene rings is 1. The Morgan fingerprint density at radius 3 is 2.56 bits per heavy atom. The van der Waals surface area contributed by atoms with Crippen LogP contribution >= 0.6 is 11.6 Å². The van der Waals surface area contributed by atoms with Gasteiger partial charge in [0.2, 0.25) is 0 Å². The Balaban J connectivity index is 0.00000112. The predicted molar refractivity (Wildman–Crippen MR) is 63.5 cm³/mol. The van der Waals surface area contributed by atoms with Crippen molar-refractivity contribution in [3.8, 4) is 5.75 Å². The Kier molecular flexibility index (Phi) is 8.92. The molecular weight excluding hydrogens is 300 g/mol. The van der Waals surface area contributed by atoms with Gasteiger partial charge in [-0.3, -0.25) is 0 Å². The van der Waals surface area contributed by atoms with Gasteiger partial charge >= 0.3 is 23.1 Å². The van der Waals surface area contributed by atoms with Crippen LogP contribution in [0.5, 0.6) is 5.75 Å². The van der Waals surface area contributed by atoms with Crippen molar-refractivity contribution < 1.29 is 21.7 Å². The van der Waals surface area contributed by atoms with Crippen molar-refractivity contribution in [2.24, 2.45) is 0 Å². The molecule has 0 N–H and O–H groups in total. The van der Waals surface area contributed by atoms with E-state index in [0.717, 1.165) is 18.6 Å². The zero-order valence-electron chi connectivity index (χ0n) is 9.22. The van der Waals surface area contributed by atoms with Crippen molar-refractivity contribution in [2.75, 3.05) is 0 Å². The molecule has 0 bridgehead atoms. The van der Waals surface area contributed by atoms with Gasteiger partial charge in [-0.05, 0) is 30.7 Å². The van der Waals surface area contributed by atoms with Crippen molar-refractivity contribution >= 4 is 34.7 Å². The Hall–Kier alpha value is 0.556. The molecule has 0 radical (unpaired) electrons. The van der Waals surface area contributed by atoms with Crippen LogP contribution in [0.2, 0.25) is 5.02 Å². The fourth-order valence-electron chi connectivity index (χ4n) is 1.85. The third-order valence-corrected chi connectivity index (χ3v) is 2.92. The first-order valence-electron chi connectivity index (χ1n) is 5.18. The Labute approximate surface area is 129 Å². The van der Waals surface area contributed by atoms with Crippen LogP contribution in [0.25, 0.3) is 0 Å². The average molecular weight is 314 g/mol. The predicted octanol–water partition coefficient (Wildman–Crippen LogP) is 0.475. The monoisotopic (exact) mass is 312 g/mol. The quantitative estimate of drug-likeness (QED) is 0.570. The van der Waals surface area contributed by atoms with Gasteiger partial charge in [0, 0.05) is 5.75 Å². The third kappa shape index (κ3) is 4.82. The third-order valence-electron chi connectivity index (χ3n) is 2.62. The minimum atomic E-state index is 0. The molecule has 1 aromatic carbocycles. The first kappa shape index (κ1) is 16.6. The van der Waals surface area contributed by atoms with Gasteiger partial charge in [-0.25, -0.2) is 0 Å². The molecule has 1 aliphatic rings. The van der Waals surface area contributed by atoms with Crippen LogP contribution in [-0.2, 0) is 0 Å². The molecule has 0 heterocycles. The Morgan fingerprint density at radius 2 is 1.94 bits per heavy atom. The molecule has 0 spiro atoms. The molecule has 16 heavy (non-hydrogen) atoms. The molecular formula is C12H14BrClMgO. The minimum absolute atomic E-state index is 0. The van der Waals surface area contributed by atoms with Crippen LogP contribution in [-0.4, -0.2) is 29.2 Å². The van der Waals surface area contributed by atoms with Gasteiger partial charge < -0.3 is 21.7 Å². The summed E-state index contributed by atoms with van der Waals surface area (Å²) in [4.78, 5) is 0. The smallest absolute Gasteiger partial charge is 1.00 e. The van der Waals surface area contributed by atoms with Gasteiger partial charge in [0.25, 0.3) is 0 Å². The topological polar surface area (TPSA) is 9.23 Å². The largest absolute Gasteiger partial charge is 2.00 e. The van der Waals surface area contributed by atoms with Crippen molar-refractivity contribution in [2.45, 2.75) is 38.2 Å². The zero-order chi connectivity index (χ0) is 9.80. The summed E-state index contributed by atoms with van der Waals surface area (Å²) >= 11 is 5.99. The van der Waals surface area contributed by atoms with Crippen molar-refractivity contribution in [1.82, 2.24) is 0 Å². The molecule has 1 aliphatic carbocycles. The van der Waals surface area contributed by atoms with Crippen LogP contribution in [0.1, 0.15) is 32.1 Å². The first-order valence-corrected chi connectivity index (χ1v) is 5.56. The van der Waals surface area contributed by atoms with E-state index in [2.05, 4.69) is 6.07 Å². The second-order valence-electron chi connectivity index (χ2n) is 3.73. The molecule has 0 saturated heterocycles. The summed E-state index contributed by atoms with van der Waals surface area (Å²) in [6.07, 6.45) is 6.59. The van der Waals surface area contributed by atoms with Crippen LogP contribution in [0.3, 0.4) is 0 Å². The maximum Gasteiger partial charge on any atom is 2.00 e. The molecule has 84 valence electrons. The van der Waals surface area contributed by atoms with E-state index in [1.807, 2.05) is 12.1 Å². The van der Waals surface area contributed by atoms with Gasteiger partial charge in [0.15, 0.2) is 0 Å². The van der Waals surface area contributed by atoms with E-state index in [9.17, 15) is 0 Å². The van der Waals surface area contributed by atoms with Gasteiger partial charge in [0.1, 0.15) is 0 Å². The zero-order valence-corrected chi connectivity index (χ0v) is 13.0. The molecule has 1 aromatic rings. The number of hydrogen-bond acceptors (Lipinski definition) is 1. The average Bonchev–Trinajstić information content (AvgIpc) is 2.23. The maximum atomic E-state index is 5.99. The molecule has 0 aromatic heterocycles. The summed E-state index contributed by atoms with van der Waals surface area (Å²) < 4.78 is 5.83. The summed E-state index contributed by atoms with van der Waals surface area (Å²) in [6.45, 7) is 0. The molecule has 0 aliphatic heterocycles. The normalized spacial score (nSPS) is 15.8. The van der Waals surface area contributed by atoms with Gasteiger partial charge in [-0.15, -0.1) is 6.07 Å². The molecule has 0 amide bonds. The van der Waals surface area contributed by atoms with Gasteiger partial charge in [-0.2, -0.15) is 29.8 Å². The fourth-order valence-corrected chi connectivity index (χ4v) is 2.02. The van der Waals surface area contributed by atoms with Crippen molar-refractivity contribution in [3.63, 3.8) is 0 Å². The van der Waals surface area contributed by atoms with Crippen LogP contribution < -0.4 is 21.7 Å². The number of rotatable bonds is 2. The van der Waals surface area contributed by atoms with E-state index in [-0.39, 0.29) is 40.0 Å². The number of halogens is 2. The minimum Gasteiger partial charge on any atom is -1.00 e. The molecule has 1 nitrogen and oxygen atoms in total. The SMILES string of the molecule is Clc1c[c-]ccc1OC1CCCCC1.[Br-].[Mg+2]. The second kappa shape index (κ2) is 8.62. The number of ether oxygens (including phenoxy) is 1. The first-order chi connectivity index (χ1) is 6.86. The Bertz CT molecular complexity index is 303. The molecule has 4 heteroatoms. The van der Waals surface area contributed by atoms with E-state index >= 15 is 0 Å². The van der Waals surface area contributed by atoms with E-state index in [4.69, 9.17) is 16.3 Å². The van der Waals surface area contributed by atoms with Crippen LogP contribution in [0.4, 0.5) is 0 Å². The molecule has 1 fully saturated rings. The molecule has 0 unspecified atom stereocenters. The summed E-state index contributed by atoms with van der Waals surface area (Å²) in [5.74, 6) is 0.803. The van der Waals surface area contributed by atoms with Gasteiger partial charge in [0.05, 0.1) is 6.10 Å². The Morgan fingerprint density at radius 1 is 1.25 bits per heavy atom.